The van der Waals surface area contributed by atoms with Crippen molar-refractivity contribution in [2.75, 3.05) is 5.73 Å². The van der Waals surface area contributed by atoms with E-state index in [0.717, 1.165) is 5.69 Å². The van der Waals surface area contributed by atoms with Crippen molar-refractivity contribution in [3.05, 3.63) is 53.6 Å². The summed E-state index contributed by atoms with van der Waals surface area (Å²) < 4.78 is 0. The minimum atomic E-state index is -0.776. The number of hydrogen-bond acceptors (Lipinski definition) is 4. The number of aryl methyl sites for hydroxylation is 1. The maximum Gasteiger partial charge on any atom is 0.109 e. The molecule has 0 aliphatic carbocycles. The third kappa shape index (κ3) is 2.01. The van der Waals surface area contributed by atoms with Crippen LogP contribution in [-0.2, 0) is 0 Å². The third-order valence-corrected chi connectivity index (χ3v) is 2.43. The first-order valence-corrected chi connectivity index (χ1v) is 4.98. The van der Waals surface area contributed by atoms with E-state index in [4.69, 9.17) is 5.73 Å². The van der Waals surface area contributed by atoms with E-state index in [1.165, 1.54) is 0 Å². The number of nitrogens with zero attached hydrogens (tertiary/aromatic N) is 2. The summed E-state index contributed by atoms with van der Waals surface area (Å²) in [6, 6.07) is 5.35. The summed E-state index contributed by atoms with van der Waals surface area (Å²) in [6.07, 6.45) is 4.03. The van der Waals surface area contributed by atoms with Crippen molar-refractivity contribution in [3.63, 3.8) is 0 Å². The van der Waals surface area contributed by atoms with Crippen molar-refractivity contribution in [1.82, 2.24) is 9.97 Å². The topological polar surface area (TPSA) is 72.0 Å². The van der Waals surface area contributed by atoms with Crippen LogP contribution in [0, 0.1) is 6.92 Å². The largest absolute Gasteiger partial charge is 0.398 e. The molecule has 0 fully saturated rings. The quantitative estimate of drug-likeness (QED) is 0.795. The lowest BCUT2D eigenvalue weighted by Crippen LogP contribution is -2.04. The summed E-state index contributed by atoms with van der Waals surface area (Å²) in [5.41, 5.74) is 8.53. The van der Waals surface area contributed by atoms with Gasteiger partial charge in [-0.05, 0) is 19.1 Å². The van der Waals surface area contributed by atoms with Gasteiger partial charge in [0.05, 0.1) is 0 Å². The molecule has 1 unspecified atom stereocenters. The molecule has 0 spiro atoms. The molecular formula is C12H13N3O. The molecule has 0 bridgehead atoms. The molecule has 16 heavy (non-hydrogen) atoms. The standard InChI is InChI=1S/C12H13N3O/c1-8-2-3-9(6-15-8)12(16)10-7-14-5-4-11(10)13/h2-7,12,16H,1H3,(H2,13,14). The monoisotopic (exact) mass is 215 g/mol. The highest BCUT2D eigenvalue weighted by Crippen LogP contribution is 2.24. The number of anilines is 1. The number of rotatable bonds is 2. The van der Waals surface area contributed by atoms with Crippen molar-refractivity contribution in [1.29, 1.82) is 0 Å². The molecule has 4 heteroatoms. The SMILES string of the molecule is Cc1ccc(C(O)c2cnccc2N)cn1. The molecule has 0 saturated heterocycles. The Morgan fingerprint density at radius 2 is 2.06 bits per heavy atom. The highest BCUT2D eigenvalue weighted by molar-refractivity contribution is 5.48. The lowest BCUT2D eigenvalue weighted by Gasteiger charge is -2.12. The molecule has 0 aromatic carbocycles. The summed E-state index contributed by atoms with van der Waals surface area (Å²) >= 11 is 0. The molecule has 0 radical (unpaired) electrons. The fourth-order valence-electron chi connectivity index (χ4n) is 1.47. The van der Waals surface area contributed by atoms with E-state index in [9.17, 15) is 5.11 Å². The maximum absolute atomic E-state index is 10.1. The van der Waals surface area contributed by atoms with Gasteiger partial charge < -0.3 is 10.8 Å². The minimum absolute atomic E-state index is 0.531. The Morgan fingerprint density at radius 3 is 2.69 bits per heavy atom. The van der Waals surface area contributed by atoms with E-state index in [-0.39, 0.29) is 0 Å². The van der Waals surface area contributed by atoms with Gasteiger partial charge in [0.25, 0.3) is 0 Å². The van der Waals surface area contributed by atoms with Gasteiger partial charge in [0.2, 0.25) is 0 Å². The van der Waals surface area contributed by atoms with Crippen LogP contribution < -0.4 is 5.73 Å². The van der Waals surface area contributed by atoms with Gasteiger partial charge in [-0.15, -0.1) is 0 Å². The number of nitrogen functional groups attached to an aromatic ring is 1. The Balaban J connectivity index is 2.35. The van der Waals surface area contributed by atoms with E-state index in [0.29, 0.717) is 16.8 Å². The third-order valence-electron chi connectivity index (χ3n) is 2.43. The van der Waals surface area contributed by atoms with Gasteiger partial charge in [-0.25, -0.2) is 0 Å². The van der Waals surface area contributed by atoms with Crippen LogP contribution in [-0.4, -0.2) is 15.1 Å². The summed E-state index contributed by atoms with van der Waals surface area (Å²) in [6.45, 7) is 1.90. The zero-order valence-corrected chi connectivity index (χ0v) is 8.96. The van der Waals surface area contributed by atoms with Crippen LogP contribution >= 0.6 is 0 Å². The molecule has 4 nitrogen and oxygen atoms in total. The summed E-state index contributed by atoms with van der Waals surface area (Å²) in [7, 11) is 0. The maximum atomic E-state index is 10.1. The molecule has 2 aromatic rings. The molecule has 2 heterocycles. The molecule has 3 N–H and O–H groups in total. The molecular weight excluding hydrogens is 202 g/mol. The normalized spacial score (nSPS) is 12.4. The van der Waals surface area contributed by atoms with E-state index in [1.54, 1.807) is 24.7 Å². The van der Waals surface area contributed by atoms with Gasteiger partial charge in [0.15, 0.2) is 0 Å². The second kappa shape index (κ2) is 4.28. The smallest absolute Gasteiger partial charge is 0.109 e. The predicted molar refractivity (Wildman–Crippen MR) is 61.7 cm³/mol. The van der Waals surface area contributed by atoms with Crippen molar-refractivity contribution < 1.29 is 5.11 Å². The lowest BCUT2D eigenvalue weighted by atomic mass is 10.0. The Hall–Kier alpha value is -1.94. The van der Waals surface area contributed by atoms with Crippen LogP contribution in [0.5, 0.6) is 0 Å². The molecule has 0 aliphatic heterocycles. The summed E-state index contributed by atoms with van der Waals surface area (Å²) in [5, 5.41) is 10.1. The van der Waals surface area contributed by atoms with Gasteiger partial charge in [-0.3, -0.25) is 9.97 Å². The Bertz CT molecular complexity index is 482. The van der Waals surface area contributed by atoms with Gasteiger partial charge in [0.1, 0.15) is 6.10 Å². The van der Waals surface area contributed by atoms with Gasteiger partial charge in [-0.1, -0.05) is 6.07 Å². The number of nitrogens with two attached hydrogens (primary N) is 1. The number of pyridine rings is 2. The molecule has 82 valence electrons. The fourth-order valence-corrected chi connectivity index (χ4v) is 1.47. The molecule has 0 amide bonds. The van der Waals surface area contributed by atoms with Crippen LogP contribution in [0.15, 0.2) is 36.8 Å². The predicted octanol–water partition coefficient (Wildman–Crippen LogP) is 1.45. The second-order valence-corrected chi connectivity index (χ2v) is 3.64. The van der Waals surface area contributed by atoms with Crippen molar-refractivity contribution in [2.45, 2.75) is 13.0 Å². The lowest BCUT2D eigenvalue weighted by molar-refractivity contribution is 0.220. The first kappa shape index (κ1) is 10.6. The van der Waals surface area contributed by atoms with Crippen molar-refractivity contribution in [3.8, 4) is 0 Å². The van der Waals surface area contributed by atoms with Gasteiger partial charge in [-0.2, -0.15) is 0 Å². The van der Waals surface area contributed by atoms with Gasteiger partial charge >= 0.3 is 0 Å². The average molecular weight is 215 g/mol. The molecule has 0 aliphatic rings. The number of aromatic nitrogens is 2. The Kier molecular flexibility index (Phi) is 2.83. The molecule has 2 rings (SSSR count). The highest BCUT2D eigenvalue weighted by Gasteiger charge is 2.13. The van der Waals surface area contributed by atoms with E-state index in [2.05, 4.69) is 9.97 Å². The number of aliphatic hydroxyl groups excluding tert-OH is 1. The van der Waals surface area contributed by atoms with Crippen molar-refractivity contribution in [2.24, 2.45) is 0 Å². The highest BCUT2D eigenvalue weighted by atomic mass is 16.3. The number of hydrogen-bond donors (Lipinski definition) is 2. The van der Waals surface area contributed by atoms with Crippen LogP contribution in [0.25, 0.3) is 0 Å². The molecule has 2 aromatic heterocycles. The minimum Gasteiger partial charge on any atom is -0.398 e. The number of aliphatic hydroxyl groups is 1. The first-order chi connectivity index (χ1) is 7.68. The second-order valence-electron chi connectivity index (χ2n) is 3.64. The van der Waals surface area contributed by atoms with Crippen LogP contribution in [0.4, 0.5) is 5.69 Å². The van der Waals surface area contributed by atoms with E-state index < -0.39 is 6.10 Å². The average Bonchev–Trinajstić information content (AvgIpc) is 2.30. The zero-order chi connectivity index (χ0) is 11.5. The van der Waals surface area contributed by atoms with E-state index in [1.807, 2.05) is 19.1 Å². The Labute approximate surface area is 93.8 Å². The molecule has 1 atom stereocenters. The first-order valence-electron chi connectivity index (χ1n) is 4.98. The van der Waals surface area contributed by atoms with Crippen LogP contribution in [0.3, 0.4) is 0 Å². The van der Waals surface area contributed by atoms with Crippen LogP contribution in [0.2, 0.25) is 0 Å². The fraction of sp³-hybridized carbons (Fsp3) is 0.167. The van der Waals surface area contributed by atoms with E-state index >= 15 is 0 Å². The zero-order valence-electron chi connectivity index (χ0n) is 8.96. The summed E-state index contributed by atoms with van der Waals surface area (Å²) in [4.78, 5) is 8.08. The van der Waals surface area contributed by atoms with Gasteiger partial charge in [0, 0.05) is 41.1 Å². The molecule has 0 saturated carbocycles. The van der Waals surface area contributed by atoms with Crippen LogP contribution in [0.1, 0.15) is 22.9 Å². The van der Waals surface area contributed by atoms with Crippen molar-refractivity contribution >= 4 is 5.69 Å². The summed E-state index contributed by atoms with van der Waals surface area (Å²) in [5.74, 6) is 0. The Morgan fingerprint density at radius 1 is 1.25 bits per heavy atom.